The minimum Gasteiger partial charge on any atom is -0.339 e. The molecule has 1 amide bonds. The molecule has 0 aromatic rings. The molecule has 1 atom stereocenters. The third kappa shape index (κ3) is 34.8. The first-order valence-electron chi connectivity index (χ1n) is 24.1. The van der Waals surface area contributed by atoms with Crippen LogP contribution in [0.3, 0.4) is 0 Å². The van der Waals surface area contributed by atoms with Crippen molar-refractivity contribution in [3.8, 4) is 0 Å². The Bertz CT molecular complexity index is 838. The van der Waals surface area contributed by atoms with Crippen molar-refractivity contribution >= 4 is 5.91 Å². The number of rotatable bonds is 41. The van der Waals surface area contributed by atoms with Gasteiger partial charge < -0.3 is 9.80 Å². The van der Waals surface area contributed by atoms with Crippen molar-refractivity contribution in [2.75, 3.05) is 27.2 Å². The monoisotopic (exact) mass is 753 g/mol. The highest BCUT2D eigenvalue weighted by atomic mass is 16.2. The molecule has 0 spiro atoms. The molecule has 316 valence electrons. The summed E-state index contributed by atoms with van der Waals surface area (Å²) in [5.41, 5.74) is 0. The lowest BCUT2D eigenvalue weighted by Crippen LogP contribution is -2.45. The molecule has 0 fully saturated rings. The summed E-state index contributed by atoms with van der Waals surface area (Å²) in [5, 5.41) is 0. The van der Waals surface area contributed by atoms with Gasteiger partial charge in [0.15, 0.2) is 0 Å². The topological polar surface area (TPSA) is 23.6 Å². The summed E-state index contributed by atoms with van der Waals surface area (Å²) < 4.78 is 0. The van der Waals surface area contributed by atoms with E-state index in [1.165, 1.54) is 173 Å². The van der Waals surface area contributed by atoms with Crippen LogP contribution in [0.1, 0.15) is 233 Å². The molecule has 0 rings (SSSR count). The van der Waals surface area contributed by atoms with E-state index in [1.807, 2.05) is 0 Å². The number of nitrogens with zero attached hydrogens (tertiary/aromatic N) is 2. The summed E-state index contributed by atoms with van der Waals surface area (Å²) >= 11 is 0. The van der Waals surface area contributed by atoms with E-state index in [1.54, 1.807) is 0 Å². The van der Waals surface area contributed by atoms with Gasteiger partial charge in [0, 0.05) is 18.5 Å². The quantitative estimate of drug-likeness (QED) is 0.0459. The molecule has 0 radical (unpaired) electrons. The van der Waals surface area contributed by atoms with Crippen LogP contribution in [0.2, 0.25) is 0 Å². The molecule has 0 aromatic heterocycles. The van der Waals surface area contributed by atoms with Crippen molar-refractivity contribution in [1.82, 2.24) is 9.80 Å². The zero-order valence-electron chi connectivity index (χ0n) is 37.6. The molecule has 3 nitrogen and oxygen atoms in total. The predicted octanol–water partition coefficient (Wildman–Crippen LogP) is 16.1. The maximum Gasteiger partial charge on any atom is 0.225 e. The Labute approximate surface area is 340 Å². The Kier molecular flexibility index (Phi) is 41.3. The van der Waals surface area contributed by atoms with E-state index in [2.05, 4.69) is 100 Å². The summed E-state index contributed by atoms with van der Waals surface area (Å²) in [6, 6.07) is 0.413. The Morgan fingerprint density at radius 2 is 0.796 bits per heavy atom. The average Bonchev–Trinajstić information content (AvgIpc) is 3.17. The Morgan fingerprint density at radius 3 is 1.20 bits per heavy atom. The fraction of sp³-hybridized carbons (Fsp3) is 0.824. The molecule has 3 heteroatoms. The van der Waals surface area contributed by atoms with E-state index >= 15 is 0 Å². The number of allylic oxidation sites excluding steroid dienone is 8. The third-order valence-corrected chi connectivity index (χ3v) is 11.2. The van der Waals surface area contributed by atoms with Gasteiger partial charge in [0.25, 0.3) is 0 Å². The van der Waals surface area contributed by atoms with Crippen LogP contribution in [-0.4, -0.2) is 48.9 Å². The molecule has 0 saturated carbocycles. The Hall–Kier alpha value is -1.61. The van der Waals surface area contributed by atoms with Crippen LogP contribution in [0.25, 0.3) is 0 Å². The highest BCUT2D eigenvalue weighted by Gasteiger charge is 2.28. The van der Waals surface area contributed by atoms with Gasteiger partial charge in [0.05, 0.1) is 0 Å². The second kappa shape index (κ2) is 42.5. The minimum atomic E-state index is 0.199. The minimum absolute atomic E-state index is 0.199. The van der Waals surface area contributed by atoms with Crippen molar-refractivity contribution in [3.05, 3.63) is 48.6 Å². The Balaban J connectivity index is 4.86. The molecular formula is C51H96N2O. The van der Waals surface area contributed by atoms with Crippen LogP contribution in [-0.2, 0) is 4.79 Å². The lowest BCUT2D eigenvalue weighted by molar-refractivity contribution is -0.139. The molecule has 0 aliphatic rings. The van der Waals surface area contributed by atoms with E-state index in [0.717, 1.165) is 45.2 Å². The zero-order chi connectivity index (χ0) is 39.6. The fourth-order valence-electron chi connectivity index (χ4n) is 7.60. The number of amides is 1. The molecule has 1 unspecified atom stereocenters. The first-order valence-corrected chi connectivity index (χ1v) is 24.1. The van der Waals surface area contributed by atoms with Gasteiger partial charge in [-0.3, -0.25) is 4.79 Å². The van der Waals surface area contributed by atoms with Crippen molar-refractivity contribution in [2.24, 2.45) is 5.92 Å². The van der Waals surface area contributed by atoms with E-state index in [4.69, 9.17) is 0 Å². The highest BCUT2D eigenvalue weighted by Crippen LogP contribution is 2.25. The van der Waals surface area contributed by atoms with Gasteiger partial charge in [0.2, 0.25) is 5.91 Å². The molecule has 0 aliphatic heterocycles. The lowest BCUT2D eigenvalue weighted by Gasteiger charge is -2.35. The largest absolute Gasteiger partial charge is 0.339 e. The number of unbranched alkanes of at least 4 members (excludes halogenated alkanes) is 20. The number of hydrogen-bond acceptors (Lipinski definition) is 2. The van der Waals surface area contributed by atoms with Crippen LogP contribution < -0.4 is 0 Å². The van der Waals surface area contributed by atoms with Gasteiger partial charge in [-0.2, -0.15) is 0 Å². The summed E-state index contributed by atoms with van der Waals surface area (Å²) in [6.45, 7) is 11.0. The van der Waals surface area contributed by atoms with Crippen LogP contribution in [0, 0.1) is 5.92 Å². The molecule has 0 aliphatic carbocycles. The van der Waals surface area contributed by atoms with Crippen molar-refractivity contribution in [1.29, 1.82) is 0 Å². The molecule has 0 heterocycles. The number of hydrogen-bond donors (Lipinski definition) is 0. The van der Waals surface area contributed by atoms with E-state index < -0.39 is 0 Å². The molecule has 0 N–H and O–H groups in total. The number of carbonyl (C=O) groups excluding carboxylic acids is 1. The van der Waals surface area contributed by atoms with Gasteiger partial charge in [-0.15, -0.1) is 0 Å². The molecule has 0 saturated heterocycles. The zero-order valence-corrected chi connectivity index (χ0v) is 37.6. The Morgan fingerprint density at radius 1 is 0.426 bits per heavy atom. The van der Waals surface area contributed by atoms with Crippen molar-refractivity contribution < 1.29 is 4.79 Å². The van der Waals surface area contributed by atoms with E-state index in [9.17, 15) is 4.79 Å². The van der Waals surface area contributed by atoms with Gasteiger partial charge in [-0.25, -0.2) is 0 Å². The average molecular weight is 753 g/mol. The molecule has 0 bridgehead atoms. The fourth-order valence-corrected chi connectivity index (χ4v) is 7.60. The van der Waals surface area contributed by atoms with Gasteiger partial charge >= 0.3 is 0 Å². The molecule has 0 aromatic carbocycles. The predicted molar refractivity (Wildman–Crippen MR) is 245 cm³/mol. The first kappa shape index (κ1) is 52.4. The second-order valence-corrected chi connectivity index (χ2v) is 16.7. The summed E-state index contributed by atoms with van der Waals surface area (Å²) in [6.07, 6.45) is 59.0. The van der Waals surface area contributed by atoms with Crippen LogP contribution in [0.5, 0.6) is 0 Å². The van der Waals surface area contributed by atoms with Gasteiger partial charge in [-0.1, -0.05) is 185 Å². The van der Waals surface area contributed by atoms with Gasteiger partial charge in [-0.05, 0) is 117 Å². The highest BCUT2D eigenvalue weighted by molar-refractivity contribution is 5.79. The maximum absolute atomic E-state index is 14.2. The number of carbonyl (C=O) groups is 1. The van der Waals surface area contributed by atoms with Crippen molar-refractivity contribution in [2.45, 2.75) is 239 Å². The summed E-state index contributed by atoms with van der Waals surface area (Å²) in [7, 11) is 4.33. The van der Waals surface area contributed by atoms with Crippen molar-refractivity contribution in [3.63, 3.8) is 0 Å². The maximum atomic E-state index is 14.2. The lowest BCUT2D eigenvalue weighted by atomic mass is 9.93. The SMILES string of the molecule is CCCCC/C=C\C/C=C\CCCCCCCCC(CCCCCCCC/C=C\C/C=C\CCCCC)N(CCCN(C)C)C(=O)C(CC)CCCCC. The summed E-state index contributed by atoms with van der Waals surface area (Å²) in [4.78, 5) is 18.9. The normalized spacial score (nSPS) is 13.0. The van der Waals surface area contributed by atoms with Gasteiger partial charge in [0.1, 0.15) is 0 Å². The molecule has 54 heavy (non-hydrogen) atoms. The standard InChI is InChI=1S/C51H96N2O/c1-7-11-14-16-18-20-22-24-26-28-30-32-34-36-38-41-45-50(53(48-43-47-52(5)6)51(54)49(10-4)44-40-13-9-3)46-42-39-37-35-33-31-29-27-25-23-21-19-17-15-12-8-2/h18-21,24-27,49-50H,7-17,22-23,28-48H2,1-6H3/b20-18-,21-19-,26-24-,27-25-. The van der Waals surface area contributed by atoms with E-state index in [-0.39, 0.29) is 5.92 Å². The second-order valence-electron chi connectivity index (χ2n) is 16.7. The first-order chi connectivity index (χ1) is 26.5. The van der Waals surface area contributed by atoms with E-state index in [0.29, 0.717) is 11.9 Å². The van der Waals surface area contributed by atoms with Crippen LogP contribution in [0.15, 0.2) is 48.6 Å². The van der Waals surface area contributed by atoms with Crippen LogP contribution in [0.4, 0.5) is 0 Å². The smallest absolute Gasteiger partial charge is 0.225 e. The molecular weight excluding hydrogens is 657 g/mol. The summed E-state index contributed by atoms with van der Waals surface area (Å²) in [5.74, 6) is 0.669. The van der Waals surface area contributed by atoms with Crippen LogP contribution >= 0.6 is 0 Å². The third-order valence-electron chi connectivity index (χ3n) is 11.2.